The molecule has 0 atom stereocenters. The number of carbonyl (C=O) groups excluding carboxylic acids is 2. The maximum Gasteiger partial charge on any atom is 0.339 e. The fraction of sp³-hybridized carbons (Fsp3) is 0.208. The number of rotatable bonds is 7. The average molecular weight is 419 g/mol. The van der Waals surface area contributed by atoms with Gasteiger partial charge >= 0.3 is 5.97 Å². The molecule has 0 aliphatic heterocycles. The molecule has 5 nitrogen and oxygen atoms in total. The second-order valence-corrected chi connectivity index (χ2v) is 7.95. The van der Waals surface area contributed by atoms with Crippen LogP contribution in [0.3, 0.4) is 0 Å². The Morgan fingerprint density at radius 3 is 2.40 bits per heavy atom. The van der Waals surface area contributed by atoms with Gasteiger partial charge in [-0.15, -0.1) is 11.8 Å². The molecular weight excluding hydrogens is 396 g/mol. The Morgan fingerprint density at radius 2 is 1.77 bits per heavy atom. The highest BCUT2D eigenvalue weighted by molar-refractivity contribution is 7.98. The first-order valence-corrected chi connectivity index (χ1v) is 10.4. The first-order chi connectivity index (χ1) is 14.4. The molecule has 0 unspecified atom stereocenters. The Balaban J connectivity index is 1.65. The van der Waals surface area contributed by atoms with Gasteiger partial charge in [-0.1, -0.05) is 24.3 Å². The van der Waals surface area contributed by atoms with Crippen LogP contribution >= 0.6 is 11.8 Å². The van der Waals surface area contributed by atoms with Crippen molar-refractivity contribution in [3.63, 3.8) is 0 Å². The largest absolute Gasteiger partial charge is 0.454 e. The summed E-state index contributed by atoms with van der Waals surface area (Å²) in [6, 6.07) is 18.4. The number of hydrogen-bond donors (Lipinski definition) is 0. The summed E-state index contributed by atoms with van der Waals surface area (Å²) in [4.78, 5) is 25.9. The first-order valence-electron chi connectivity index (χ1n) is 9.45. The van der Waals surface area contributed by atoms with Crippen LogP contribution in [0.25, 0.3) is 0 Å². The molecule has 0 radical (unpaired) electrons. The van der Waals surface area contributed by atoms with Crippen molar-refractivity contribution < 1.29 is 14.3 Å². The quantitative estimate of drug-likeness (QED) is 0.312. The van der Waals surface area contributed by atoms with Crippen molar-refractivity contribution in [2.45, 2.75) is 24.5 Å². The van der Waals surface area contributed by atoms with Gasteiger partial charge in [0.15, 0.2) is 6.61 Å². The number of ether oxygens (including phenoxy) is 1. The summed E-state index contributed by atoms with van der Waals surface area (Å²) in [5.74, 6) is -0.0823. The number of benzene rings is 2. The van der Waals surface area contributed by atoms with Crippen LogP contribution in [0.5, 0.6) is 0 Å². The number of aryl methyl sites for hydroxylation is 1. The fourth-order valence-corrected chi connectivity index (χ4v) is 4.02. The Bertz CT molecular complexity index is 1120. The predicted octanol–water partition coefficient (Wildman–Crippen LogP) is 4.85. The number of ketones is 1. The number of Topliss-reactive ketones (excluding diaryl/α,β-unsaturated/α-hetero) is 1. The second kappa shape index (κ2) is 9.47. The molecule has 0 N–H and O–H groups in total. The van der Waals surface area contributed by atoms with Crippen LogP contribution in [0.2, 0.25) is 0 Å². The normalized spacial score (nSPS) is 10.5. The number of thioether (sulfide) groups is 1. The number of aromatic nitrogens is 1. The Morgan fingerprint density at radius 1 is 1.07 bits per heavy atom. The third-order valence-corrected chi connectivity index (χ3v) is 6.14. The monoisotopic (exact) mass is 418 g/mol. The molecule has 1 heterocycles. The lowest BCUT2D eigenvalue weighted by Crippen LogP contribution is -2.15. The molecule has 0 fully saturated rings. The van der Waals surface area contributed by atoms with Gasteiger partial charge in [0.05, 0.1) is 17.2 Å². The van der Waals surface area contributed by atoms with Crippen molar-refractivity contribution in [2.75, 3.05) is 6.61 Å². The van der Waals surface area contributed by atoms with E-state index in [1.165, 1.54) is 11.8 Å². The summed E-state index contributed by atoms with van der Waals surface area (Å²) in [7, 11) is 1.90. The van der Waals surface area contributed by atoms with Crippen LogP contribution in [-0.4, -0.2) is 22.9 Å². The molecule has 3 aromatic rings. The highest BCUT2D eigenvalue weighted by atomic mass is 32.2. The number of esters is 1. The predicted molar refractivity (Wildman–Crippen MR) is 117 cm³/mol. The summed E-state index contributed by atoms with van der Waals surface area (Å²) in [5, 5.41) is 8.89. The van der Waals surface area contributed by atoms with Crippen LogP contribution in [-0.2, 0) is 17.5 Å². The number of nitriles is 1. The zero-order valence-corrected chi connectivity index (χ0v) is 18.0. The lowest BCUT2D eigenvalue weighted by atomic mass is 10.1. The number of nitrogens with zero attached hydrogens (tertiary/aromatic N) is 2. The molecule has 152 valence electrons. The van der Waals surface area contributed by atoms with E-state index in [2.05, 4.69) is 6.07 Å². The van der Waals surface area contributed by atoms with Gasteiger partial charge in [-0.3, -0.25) is 4.79 Å². The third-order valence-electron chi connectivity index (χ3n) is 4.99. The van der Waals surface area contributed by atoms with Crippen molar-refractivity contribution in [1.82, 2.24) is 4.57 Å². The summed E-state index contributed by atoms with van der Waals surface area (Å²) < 4.78 is 7.26. The first kappa shape index (κ1) is 21.4. The summed E-state index contributed by atoms with van der Waals surface area (Å²) in [6.45, 7) is 3.51. The molecule has 2 aromatic carbocycles. The second-order valence-electron chi connectivity index (χ2n) is 6.94. The lowest BCUT2D eigenvalue weighted by Gasteiger charge is -2.09. The van der Waals surface area contributed by atoms with Gasteiger partial charge in [-0.2, -0.15) is 5.26 Å². The zero-order chi connectivity index (χ0) is 21.7. The molecular formula is C24H22N2O3S. The van der Waals surface area contributed by atoms with E-state index in [9.17, 15) is 9.59 Å². The van der Waals surface area contributed by atoms with Gasteiger partial charge in [-0.05, 0) is 49.7 Å². The van der Waals surface area contributed by atoms with Crippen molar-refractivity contribution >= 4 is 23.5 Å². The van der Waals surface area contributed by atoms with E-state index in [-0.39, 0.29) is 12.4 Å². The molecule has 0 saturated carbocycles. The highest BCUT2D eigenvalue weighted by Gasteiger charge is 2.18. The van der Waals surface area contributed by atoms with Crippen LogP contribution in [0, 0.1) is 25.2 Å². The molecule has 0 saturated heterocycles. The van der Waals surface area contributed by atoms with Crippen LogP contribution in [0.1, 0.15) is 43.2 Å². The van der Waals surface area contributed by atoms with Gasteiger partial charge in [0.2, 0.25) is 5.78 Å². The van der Waals surface area contributed by atoms with Crippen LogP contribution < -0.4 is 0 Å². The van der Waals surface area contributed by atoms with E-state index >= 15 is 0 Å². The summed E-state index contributed by atoms with van der Waals surface area (Å²) in [5.41, 5.74) is 4.50. The van der Waals surface area contributed by atoms with Gasteiger partial charge in [0.1, 0.15) is 0 Å². The molecule has 0 bridgehead atoms. The van der Waals surface area contributed by atoms with Crippen LogP contribution in [0.4, 0.5) is 0 Å². The van der Waals surface area contributed by atoms with E-state index in [4.69, 9.17) is 10.00 Å². The van der Waals surface area contributed by atoms with E-state index < -0.39 is 5.97 Å². The molecule has 6 heteroatoms. The maximum absolute atomic E-state index is 12.6. The van der Waals surface area contributed by atoms with Crippen molar-refractivity contribution in [2.24, 2.45) is 7.05 Å². The highest BCUT2D eigenvalue weighted by Crippen LogP contribution is 2.27. The maximum atomic E-state index is 12.6. The standard InChI is InChI=1S/C24H22N2O3S/c1-16-12-21(17(2)26(16)3)22(27)14-29-24(28)20-6-4-5-7-23(20)30-15-19-10-8-18(13-25)9-11-19/h4-12H,14-15H2,1-3H3. The minimum Gasteiger partial charge on any atom is -0.454 e. The Labute approximate surface area is 180 Å². The SMILES string of the molecule is Cc1cc(C(=O)COC(=O)c2ccccc2SCc2ccc(C#N)cc2)c(C)n1C. The molecule has 0 aliphatic carbocycles. The van der Waals surface area contributed by atoms with Crippen molar-refractivity contribution in [1.29, 1.82) is 5.26 Å². The van der Waals surface area contributed by atoms with E-state index in [0.717, 1.165) is 21.8 Å². The van der Waals surface area contributed by atoms with E-state index in [1.807, 2.05) is 55.8 Å². The minimum atomic E-state index is -0.517. The Kier molecular flexibility index (Phi) is 6.76. The number of carbonyl (C=O) groups is 2. The molecule has 30 heavy (non-hydrogen) atoms. The lowest BCUT2D eigenvalue weighted by molar-refractivity contribution is 0.0471. The topological polar surface area (TPSA) is 72.1 Å². The molecule has 0 amide bonds. The van der Waals surface area contributed by atoms with Gasteiger partial charge in [0.25, 0.3) is 0 Å². The Hall–Kier alpha value is -3.30. The molecule has 1 aromatic heterocycles. The van der Waals surface area contributed by atoms with Gasteiger partial charge in [-0.25, -0.2) is 4.79 Å². The van der Waals surface area contributed by atoms with Gasteiger partial charge < -0.3 is 9.30 Å². The molecule has 3 rings (SSSR count). The van der Waals surface area contributed by atoms with Crippen molar-refractivity contribution in [3.05, 3.63) is 88.2 Å². The summed E-state index contributed by atoms with van der Waals surface area (Å²) >= 11 is 1.51. The fourth-order valence-electron chi connectivity index (χ4n) is 3.02. The van der Waals surface area contributed by atoms with E-state index in [0.29, 0.717) is 22.4 Å². The number of hydrogen-bond acceptors (Lipinski definition) is 5. The smallest absolute Gasteiger partial charge is 0.339 e. The third kappa shape index (κ3) is 4.81. The van der Waals surface area contributed by atoms with Gasteiger partial charge in [0, 0.05) is 34.6 Å². The average Bonchev–Trinajstić information content (AvgIpc) is 3.03. The molecule has 0 spiro atoms. The van der Waals surface area contributed by atoms with Crippen LogP contribution in [0.15, 0.2) is 59.5 Å². The summed E-state index contributed by atoms with van der Waals surface area (Å²) in [6.07, 6.45) is 0. The molecule has 0 aliphatic rings. The minimum absolute atomic E-state index is 0.215. The van der Waals surface area contributed by atoms with E-state index in [1.54, 1.807) is 24.3 Å². The zero-order valence-electron chi connectivity index (χ0n) is 17.1. The van der Waals surface area contributed by atoms with Crippen molar-refractivity contribution in [3.8, 4) is 6.07 Å².